The standard InChI is InChI=1S/C18H31N7O8/c1-3-7(2)14(22)17(31)24-9(5-12(20)27)15(29)23-8(4-11(19)26)16(30)25-10(18(32)33)6-13(21)28/h7-10,14H,3-6,22H2,1-2H3,(H2,19,26)(H2,20,27)(H2,21,28)(H,23,29)(H,24,31)(H,25,30)(H,32,33). The Morgan fingerprint density at radius 1 is 0.697 bits per heavy atom. The van der Waals surface area contributed by atoms with Gasteiger partial charge in [-0.1, -0.05) is 20.3 Å². The molecule has 0 aliphatic carbocycles. The first-order valence-electron chi connectivity index (χ1n) is 9.93. The third kappa shape index (κ3) is 10.9. The van der Waals surface area contributed by atoms with Crippen molar-refractivity contribution in [3.05, 3.63) is 0 Å². The maximum Gasteiger partial charge on any atom is 0.326 e. The Hall–Kier alpha value is -3.75. The third-order valence-corrected chi connectivity index (χ3v) is 4.66. The van der Waals surface area contributed by atoms with Gasteiger partial charge >= 0.3 is 5.97 Å². The minimum Gasteiger partial charge on any atom is -0.480 e. The summed E-state index contributed by atoms with van der Waals surface area (Å²) >= 11 is 0. The van der Waals surface area contributed by atoms with Gasteiger partial charge in [-0.25, -0.2) is 4.79 Å². The Labute approximate surface area is 189 Å². The minimum atomic E-state index is -1.74. The van der Waals surface area contributed by atoms with E-state index in [2.05, 4.69) is 10.6 Å². The van der Waals surface area contributed by atoms with Crippen LogP contribution in [-0.4, -0.2) is 70.7 Å². The Morgan fingerprint density at radius 2 is 1.03 bits per heavy atom. The molecule has 15 nitrogen and oxygen atoms in total. The van der Waals surface area contributed by atoms with E-state index in [1.54, 1.807) is 13.8 Å². The molecule has 12 N–H and O–H groups in total. The fourth-order valence-corrected chi connectivity index (χ4v) is 2.55. The smallest absolute Gasteiger partial charge is 0.326 e. The number of amides is 6. The van der Waals surface area contributed by atoms with Crippen LogP contribution in [0, 0.1) is 5.92 Å². The van der Waals surface area contributed by atoms with Crippen molar-refractivity contribution in [1.82, 2.24) is 16.0 Å². The van der Waals surface area contributed by atoms with Crippen molar-refractivity contribution in [2.24, 2.45) is 28.9 Å². The van der Waals surface area contributed by atoms with E-state index in [1.165, 1.54) is 0 Å². The summed E-state index contributed by atoms with van der Waals surface area (Å²) in [5, 5.41) is 15.4. The van der Waals surface area contributed by atoms with E-state index in [4.69, 9.17) is 28.0 Å². The maximum absolute atomic E-state index is 12.7. The van der Waals surface area contributed by atoms with Gasteiger partial charge in [0.25, 0.3) is 0 Å². The van der Waals surface area contributed by atoms with E-state index in [0.717, 1.165) is 0 Å². The number of carboxylic acid groups (broad SMARTS) is 1. The Morgan fingerprint density at radius 3 is 1.36 bits per heavy atom. The minimum absolute atomic E-state index is 0.256. The summed E-state index contributed by atoms with van der Waals surface area (Å²) in [4.78, 5) is 82.4. The number of carboxylic acids is 1. The van der Waals surface area contributed by atoms with Gasteiger partial charge in [0.1, 0.15) is 18.1 Å². The van der Waals surface area contributed by atoms with Gasteiger partial charge in [-0.3, -0.25) is 28.8 Å². The second-order valence-electron chi connectivity index (χ2n) is 7.44. The van der Waals surface area contributed by atoms with Gasteiger partial charge in [0, 0.05) is 0 Å². The largest absolute Gasteiger partial charge is 0.480 e. The zero-order valence-corrected chi connectivity index (χ0v) is 18.3. The topological polar surface area (TPSA) is 280 Å². The third-order valence-electron chi connectivity index (χ3n) is 4.66. The molecular formula is C18H31N7O8. The predicted octanol–water partition coefficient (Wildman–Crippen LogP) is -4.48. The van der Waals surface area contributed by atoms with Gasteiger partial charge in [-0.2, -0.15) is 0 Å². The molecule has 5 unspecified atom stereocenters. The molecule has 0 spiro atoms. The average Bonchev–Trinajstić information content (AvgIpc) is 2.69. The zero-order valence-electron chi connectivity index (χ0n) is 18.3. The van der Waals surface area contributed by atoms with Crippen LogP contribution in [0.15, 0.2) is 0 Å². The van der Waals surface area contributed by atoms with Crippen molar-refractivity contribution in [2.45, 2.75) is 63.7 Å². The maximum atomic E-state index is 12.7. The molecule has 33 heavy (non-hydrogen) atoms. The molecule has 5 atom stereocenters. The van der Waals surface area contributed by atoms with Gasteiger partial charge in [0.15, 0.2) is 0 Å². The highest BCUT2D eigenvalue weighted by Crippen LogP contribution is 2.06. The van der Waals surface area contributed by atoms with E-state index < -0.39 is 84.8 Å². The summed E-state index contributed by atoms with van der Waals surface area (Å²) in [7, 11) is 0. The van der Waals surface area contributed by atoms with Gasteiger partial charge < -0.3 is 44.0 Å². The molecule has 0 aromatic heterocycles. The van der Waals surface area contributed by atoms with Crippen molar-refractivity contribution < 1.29 is 38.7 Å². The molecule has 0 rings (SSSR count). The molecule has 186 valence electrons. The van der Waals surface area contributed by atoms with Gasteiger partial charge in [0.05, 0.1) is 25.3 Å². The SMILES string of the molecule is CCC(C)C(N)C(=O)NC(CC(N)=O)C(=O)NC(CC(N)=O)C(=O)NC(CC(N)=O)C(=O)O. The molecule has 0 aliphatic heterocycles. The number of primary amides is 3. The normalized spacial score (nSPS) is 15.1. The van der Waals surface area contributed by atoms with Gasteiger partial charge in [-0.05, 0) is 5.92 Å². The molecule has 15 heteroatoms. The van der Waals surface area contributed by atoms with Crippen molar-refractivity contribution in [3.8, 4) is 0 Å². The van der Waals surface area contributed by atoms with Crippen molar-refractivity contribution in [2.75, 3.05) is 0 Å². The van der Waals surface area contributed by atoms with E-state index in [1.807, 2.05) is 5.32 Å². The summed E-state index contributed by atoms with van der Waals surface area (Å²) in [6.45, 7) is 3.49. The van der Waals surface area contributed by atoms with Crippen LogP contribution in [0.25, 0.3) is 0 Å². The summed E-state index contributed by atoms with van der Waals surface area (Å²) in [6.07, 6.45) is -1.62. The fraction of sp³-hybridized carbons (Fsp3) is 0.611. The molecule has 0 heterocycles. The lowest BCUT2D eigenvalue weighted by atomic mass is 9.99. The molecule has 0 aromatic rings. The number of carbonyl (C=O) groups is 7. The molecular weight excluding hydrogens is 442 g/mol. The molecule has 0 aliphatic rings. The average molecular weight is 473 g/mol. The van der Waals surface area contributed by atoms with Crippen LogP contribution in [0.1, 0.15) is 39.5 Å². The monoisotopic (exact) mass is 473 g/mol. The number of hydrogen-bond donors (Lipinski definition) is 8. The van der Waals surface area contributed by atoms with Crippen LogP contribution in [0.3, 0.4) is 0 Å². The Kier molecular flexibility index (Phi) is 12.1. The predicted molar refractivity (Wildman–Crippen MR) is 112 cm³/mol. The first-order valence-corrected chi connectivity index (χ1v) is 9.93. The summed E-state index contributed by atoms with van der Waals surface area (Å²) in [6, 6.07) is -5.99. The molecule has 0 fully saturated rings. The lowest BCUT2D eigenvalue weighted by Gasteiger charge is -2.25. The fourth-order valence-electron chi connectivity index (χ4n) is 2.55. The van der Waals surface area contributed by atoms with Crippen LogP contribution in [0.4, 0.5) is 0 Å². The van der Waals surface area contributed by atoms with E-state index in [-0.39, 0.29) is 5.92 Å². The molecule has 0 saturated carbocycles. The number of rotatable bonds is 15. The lowest BCUT2D eigenvalue weighted by Crippen LogP contribution is -2.59. The Bertz CT molecular complexity index is 788. The quantitative estimate of drug-likeness (QED) is 0.114. The van der Waals surface area contributed by atoms with E-state index >= 15 is 0 Å². The number of carbonyl (C=O) groups excluding carboxylic acids is 6. The lowest BCUT2D eigenvalue weighted by molar-refractivity contribution is -0.144. The first-order chi connectivity index (χ1) is 15.2. The first kappa shape index (κ1) is 29.2. The summed E-state index contributed by atoms with van der Waals surface area (Å²) in [5.74, 6) is -7.88. The molecule has 6 amide bonds. The van der Waals surface area contributed by atoms with Crippen LogP contribution >= 0.6 is 0 Å². The van der Waals surface area contributed by atoms with Crippen LogP contribution in [0.2, 0.25) is 0 Å². The summed E-state index contributed by atoms with van der Waals surface area (Å²) < 4.78 is 0. The second kappa shape index (κ2) is 13.6. The van der Waals surface area contributed by atoms with Crippen LogP contribution in [0.5, 0.6) is 0 Å². The molecule has 0 radical (unpaired) electrons. The molecule has 0 bridgehead atoms. The molecule has 0 aromatic carbocycles. The highest BCUT2D eigenvalue weighted by molar-refractivity contribution is 5.98. The number of hydrogen-bond acceptors (Lipinski definition) is 8. The highest BCUT2D eigenvalue weighted by Gasteiger charge is 2.32. The van der Waals surface area contributed by atoms with E-state index in [9.17, 15) is 33.6 Å². The highest BCUT2D eigenvalue weighted by atomic mass is 16.4. The van der Waals surface area contributed by atoms with Gasteiger partial charge in [-0.15, -0.1) is 0 Å². The van der Waals surface area contributed by atoms with E-state index in [0.29, 0.717) is 6.42 Å². The zero-order chi connectivity index (χ0) is 25.9. The second-order valence-corrected chi connectivity index (χ2v) is 7.44. The number of nitrogens with one attached hydrogen (secondary N) is 3. The molecule has 0 saturated heterocycles. The van der Waals surface area contributed by atoms with Crippen molar-refractivity contribution in [1.29, 1.82) is 0 Å². The Balaban J connectivity index is 5.60. The van der Waals surface area contributed by atoms with Crippen molar-refractivity contribution in [3.63, 3.8) is 0 Å². The van der Waals surface area contributed by atoms with Crippen LogP contribution < -0.4 is 38.9 Å². The summed E-state index contributed by atoms with van der Waals surface area (Å²) in [5.41, 5.74) is 21.0. The number of aliphatic carboxylic acids is 1. The van der Waals surface area contributed by atoms with Crippen molar-refractivity contribution >= 4 is 41.4 Å². The number of nitrogens with two attached hydrogens (primary N) is 4. The van der Waals surface area contributed by atoms with Gasteiger partial charge in [0.2, 0.25) is 35.4 Å². The van der Waals surface area contributed by atoms with Crippen LogP contribution in [-0.2, 0) is 33.6 Å².